The summed E-state index contributed by atoms with van der Waals surface area (Å²) in [7, 11) is 1.59. The van der Waals surface area contributed by atoms with E-state index in [1.165, 1.54) is 0 Å². The van der Waals surface area contributed by atoms with Gasteiger partial charge in [-0.3, -0.25) is 9.59 Å². The molecule has 1 fully saturated rings. The number of furan rings is 1. The van der Waals surface area contributed by atoms with Crippen molar-refractivity contribution in [2.45, 2.75) is 23.5 Å². The van der Waals surface area contributed by atoms with E-state index < -0.39 is 6.04 Å². The highest BCUT2D eigenvalue weighted by atomic mass is 35.5. The molecule has 2 aliphatic rings. The van der Waals surface area contributed by atoms with Crippen LogP contribution in [0.4, 0.5) is 5.69 Å². The Morgan fingerprint density at radius 1 is 1.19 bits per heavy atom. The summed E-state index contributed by atoms with van der Waals surface area (Å²) in [6.07, 6.45) is 2.40. The van der Waals surface area contributed by atoms with Gasteiger partial charge in [-0.15, -0.1) is 11.8 Å². The predicted octanol–water partition coefficient (Wildman–Crippen LogP) is 5.08. The monoisotopic (exact) mass is 468 g/mol. The number of benzene rings is 2. The van der Waals surface area contributed by atoms with E-state index in [1.54, 1.807) is 54.3 Å². The average Bonchev–Trinajstić information content (AvgIpc) is 3.45. The Kier molecular flexibility index (Phi) is 5.61. The zero-order valence-corrected chi connectivity index (χ0v) is 18.9. The zero-order valence-electron chi connectivity index (χ0n) is 17.3. The molecule has 1 saturated heterocycles. The van der Waals surface area contributed by atoms with Crippen LogP contribution < -0.4 is 10.1 Å². The second-order valence-electron chi connectivity index (χ2n) is 7.76. The number of rotatable bonds is 5. The molecule has 1 aromatic heterocycles. The summed E-state index contributed by atoms with van der Waals surface area (Å²) >= 11 is 7.85. The fraction of sp³-hybridized carbons (Fsp3) is 0.250. The predicted molar refractivity (Wildman–Crippen MR) is 125 cm³/mol. The van der Waals surface area contributed by atoms with Gasteiger partial charge in [0.15, 0.2) is 0 Å². The lowest BCUT2D eigenvalue weighted by Crippen LogP contribution is -2.44. The molecule has 0 unspecified atom stereocenters. The number of amides is 2. The van der Waals surface area contributed by atoms with Crippen molar-refractivity contribution < 1.29 is 18.7 Å². The van der Waals surface area contributed by atoms with Gasteiger partial charge in [0, 0.05) is 22.4 Å². The number of hydrogen-bond acceptors (Lipinski definition) is 5. The topological polar surface area (TPSA) is 71.8 Å². The fourth-order valence-electron chi connectivity index (χ4n) is 4.33. The standard InChI is InChI=1S/C24H21ClN2O4S/c1-30-20-7-5-15(25)12-17(20)14-4-6-19-18(11-14)24(29)27-9-8-21(22(27)23(28)26-19)32-13-16-3-2-10-31-16/h2-7,10-12,21-22H,8-9,13H2,1H3,(H,26,28)/t21-,22-/m0/s1. The van der Waals surface area contributed by atoms with E-state index in [9.17, 15) is 9.59 Å². The van der Waals surface area contributed by atoms with E-state index in [1.807, 2.05) is 24.3 Å². The van der Waals surface area contributed by atoms with E-state index in [0.717, 1.165) is 23.3 Å². The van der Waals surface area contributed by atoms with Gasteiger partial charge in [-0.1, -0.05) is 17.7 Å². The van der Waals surface area contributed by atoms with Crippen molar-refractivity contribution >= 4 is 40.9 Å². The number of thioether (sulfide) groups is 1. The summed E-state index contributed by atoms with van der Waals surface area (Å²) < 4.78 is 10.9. The zero-order chi connectivity index (χ0) is 22.2. The Balaban J connectivity index is 1.45. The maximum Gasteiger partial charge on any atom is 0.256 e. The first-order valence-corrected chi connectivity index (χ1v) is 11.7. The third-order valence-electron chi connectivity index (χ3n) is 5.87. The summed E-state index contributed by atoms with van der Waals surface area (Å²) in [5.41, 5.74) is 2.58. The van der Waals surface area contributed by atoms with Crippen LogP contribution in [0.1, 0.15) is 22.5 Å². The van der Waals surface area contributed by atoms with Crippen molar-refractivity contribution in [1.82, 2.24) is 4.90 Å². The number of ether oxygens (including phenoxy) is 1. The lowest BCUT2D eigenvalue weighted by atomic mass is 10.0. The normalized spacial score (nSPS) is 19.9. The summed E-state index contributed by atoms with van der Waals surface area (Å²) in [6.45, 7) is 0.539. The molecule has 3 heterocycles. The quantitative estimate of drug-likeness (QED) is 0.565. The number of carbonyl (C=O) groups excluding carboxylic acids is 2. The highest BCUT2D eigenvalue weighted by Gasteiger charge is 2.45. The van der Waals surface area contributed by atoms with Crippen LogP contribution in [0.2, 0.25) is 5.02 Å². The van der Waals surface area contributed by atoms with Crippen molar-refractivity contribution in [3.8, 4) is 16.9 Å². The van der Waals surface area contributed by atoms with Gasteiger partial charge < -0.3 is 19.4 Å². The Labute approximate surface area is 194 Å². The summed E-state index contributed by atoms with van der Waals surface area (Å²) in [5.74, 6) is 1.88. The number of halogens is 1. The molecule has 3 aromatic rings. The third-order valence-corrected chi connectivity index (χ3v) is 7.48. The minimum Gasteiger partial charge on any atom is -0.496 e. The summed E-state index contributed by atoms with van der Waals surface area (Å²) in [4.78, 5) is 28.3. The highest BCUT2D eigenvalue weighted by molar-refractivity contribution is 7.99. The molecule has 0 saturated carbocycles. The van der Waals surface area contributed by atoms with E-state index in [-0.39, 0.29) is 17.1 Å². The van der Waals surface area contributed by atoms with Crippen LogP contribution in [0.15, 0.2) is 59.2 Å². The van der Waals surface area contributed by atoms with E-state index in [0.29, 0.717) is 34.3 Å². The van der Waals surface area contributed by atoms with Crippen LogP contribution in [0.25, 0.3) is 11.1 Å². The fourth-order valence-corrected chi connectivity index (χ4v) is 5.77. The minimum atomic E-state index is -0.515. The van der Waals surface area contributed by atoms with Gasteiger partial charge in [0.05, 0.1) is 30.4 Å². The molecule has 164 valence electrons. The van der Waals surface area contributed by atoms with Gasteiger partial charge in [0.25, 0.3) is 5.91 Å². The van der Waals surface area contributed by atoms with Crippen LogP contribution in [0.3, 0.4) is 0 Å². The van der Waals surface area contributed by atoms with Crippen LogP contribution in [-0.4, -0.2) is 41.7 Å². The van der Waals surface area contributed by atoms with E-state index >= 15 is 0 Å². The van der Waals surface area contributed by atoms with Crippen LogP contribution >= 0.6 is 23.4 Å². The van der Waals surface area contributed by atoms with Gasteiger partial charge in [0.2, 0.25) is 5.91 Å². The number of carbonyl (C=O) groups is 2. The van der Waals surface area contributed by atoms with Gasteiger partial charge >= 0.3 is 0 Å². The maximum absolute atomic E-state index is 13.5. The van der Waals surface area contributed by atoms with E-state index in [4.69, 9.17) is 20.8 Å². The molecule has 0 radical (unpaired) electrons. The molecule has 6 nitrogen and oxygen atoms in total. The molecule has 8 heteroatoms. The number of hydrogen-bond donors (Lipinski definition) is 1. The Hall–Kier alpha value is -2.90. The number of anilines is 1. The second kappa shape index (κ2) is 8.56. The first kappa shape index (κ1) is 21.0. The summed E-state index contributed by atoms with van der Waals surface area (Å²) in [6, 6.07) is 14.0. The number of nitrogens with one attached hydrogen (secondary N) is 1. The SMILES string of the molecule is COc1ccc(Cl)cc1-c1ccc2c(c1)C(=O)N1CC[C@H](SCc3ccco3)[C@H]1C(=O)N2. The molecular weight excluding hydrogens is 448 g/mol. The lowest BCUT2D eigenvalue weighted by Gasteiger charge is -2.24. The lowest BCUT2D eigenvalue weighted by molar-refractivity contribution is -0.119. The largest absolute Gasteiger partial charge is 0.496 e. The van der Waals surface area contributed by atoms with Gasteiger partial charge in [-0.25, -0.2) is 0 Å². The van der Waals surface area contributed by atoms with Crippen LogP contribution in [-0.2, 0) is 10.5 Å². The first-order chi connectivity index (χ1) is 15.5. The summed E-state index contributed by atoms with van der Waals surface area (Å²) in [5, 5.41) is 3.55. The maximum atomic E-state index is 13.5. The average molecular weight is 469 g/mol. The molecule has 0 aliphatic carbocycles. The van der Waals surface area contributed by atoms with Crippen molar-refractivity contribution in [2.75, 3.05) is 19.0 Å². The van der Waals surface area contributed by atoms with Crippen LogP contribution in [0.5, 0.6) is 5.75 Å². The molecule has 2 aliphatic heterocycles. The van der Waals surface area contributed by atoms with E-state index in [2.05, 4.69) is 5.32 Å². The molecule has 5 rings (SSSR count). The number of nitrogens with zero attached hydrogens (tertiary/aromatic N) is 1. The van der Waals surface area contributed by atoms with Gasteiger partial charge in [-0.2, -0.15) is 0 Å². The minimum absolute atomic E-state index is 0.00542. The molecule has 2 atom stereocenters. The third kappa shape index (κ3) is 3.76. The first-order valence-electron chi connectivity index (χ1n) is 10.3. The Morgan fingerprint density at radius 2 is 2.06 bits per heavy atom. The van der Waals surface area contributed by atoms with Gasteiger partial charge in [0.1, 0.15) is 17.6 Å². The molecule has 0 bridgehead atoms. The van der Waals surface area contributed by atoms with Crippen molar-refractivity contribution in [3.05, 3.63) is 71.1 Å². The molecule has 32 heavy (non-hydrogen) atoms. The number of fused-ring (bicyclic) bond motifs is 2. The number of methoxy groups -OCH3 is 1. The highest BCUT2D eigenvalue weighted by Crippen LogP contribution is 2.39. The molecule has 1 N–H and O–H groups in total. The molecule has 2 aromatic carbocycles. The van der Waals surface area contributed by atoms with Crippen LogP contribution in [0, 0.1) is 0 Å². The Morgan fingerprint density at radius 3 is 2.84 bits per heavy atom. The molecule has 0 spiro atoms. The Bertz CT molecular complexity index is 1180. The van der Waals surface area contributed by atoms with Crippen molar-refractivity contribution in [2.24, 2.45) is 0 Å². The van der Waals surface area contributed by atoms with Crippen molar-refractivity contribution in [3.63, 3.8) is 0 Å². The second-order valence-corrected chi connectivity index (χ2v) is 9.42. The van der Waals surface area contributed by atoms with Crippen molar-refractivity contribution in [1.29, 1.82) is 0 Å². The molecule has 2 amide bonds. The van der Waals surface area contributed by atoms with Gasteiger partial charge in [-0.05, 0) is 54.4 Å². The smallest absolute Gasteiger partial charge is 0.256 e. The molecular formula is C24H21ClN2O4S.